The molecular weight excluding hydrogens is 230 g/mol. The van der Waals surface area contributed by atoms with Gasteiger partial charge in [0.2, 0.25) is 0 Å². The first-order valence-corrected chi connectivity index (χ1v) is 7.64. The van der Waals surface area contributed by atoms with Gasteiger partial charge in [0.25, 0.3) is 0 Å². The van der Waals surface area contributed by atoms with Crippen LogP contribution in [0.3, 0.4) is 0 Å². The van der Waals surface area contributed by atoms with E-state index in [1.165, 1.54) is 12.8 Å². The summed E-state index contributed by atoms with van der Waals surface area (Å²) in [5.74, 6) is 1.65. The number of nitrogens with one attached hydrogen (secondary N) is 1. The fourth-order valence-electron chi connectivity index (χ4n) is 3.22. The Hall–Kier alpha value is -0.820. The van der Waals surface area contributed by atoms with E-state index in [0.29, 0.717) is 11.5 Å². The van der Waals surface area contributed by atoms with Crippen LogP contribution in [0, 0.1) is 17.3 Å². The topological polar surface area (TPSA) is 12.0 Å². The Balaban J connectivity index is 2.51. The molecule has 0 amide bonds. The van der Waals surface area contributed by atoms with Crippen molar-refractivity contribution in [2.75, 3.05) is 6.54 Å². The maximum Gasteiger partial charge on any atom is 0.0202 e. The molecule has 1 fully saturated rings. The first-order chi connectivity index (χ1) is 8.93. The molecule has 0 bridgehead atoms. The molecule has 0 heterocycles. The van der Waals surface area contributed by atoms with Gasteiger partial charge in [-0.1, -0.05) is 65.0 Å². The Kier molecular flexibility index (Phi) is 6.06. The van der Waals surface area contributed by atoms with E-state index in [1.54, 1.807) is 0 Å². The minimum Gasteiger partial charge on any atom is -0.309 e. The lowest BCUT2D eigenvalue weighted by atomic mass is 9.77. The molecule has 0 aromatic carbocycles. The lowest BCUT2D eigenvalue weighted by molar-refractivity contribution is 0.202. The number of hydrogen-bond acceptors (Lipinski definition) is 1. The zero-order valence-corrected chi connectivity index (χ0v) is 13.4. The van der Waals surface area contributed by atoms with Crippen molar-refractivity contribution in [2.45, 2.75) is 53.5 Å². The van der Waals surface area contributed by atoms with E-state index in [9.17, 15) is 0 Å². The zero-order valence-electron chi connectivity index (χ0n) is 13.4. The Morgan fingerprint density at radius 3 is 2.58 bits per heavy atom. The molecule has 1 rings (SSSR count). The van der Waals surface area contributed by atoms with E-state index in [4.69, 9.17) is 0 Å². The molecule has 3 atom stereocenters. The quantitative estimate of drug-likeness (QED) is 0.682. The fraction of sp³-hybridized carbons (Fsp3) is 0.667. The first kappa shape index (κ1) is 16.2. The molecule has 3 unspecified atom stereocenters. The molecule has 0 aliphatic heterocycles. The third kappa shape index (κ3) is 4.07. The van der Waals surface area contributed by atoms with Gasteiger partial charge in [0, 0.05) is 12.6 Å². The molecule has 1 nitrogen and oxygen atoms in total. The Labute approximate surface area is 119 Å². The molecule has 0 saturated heterocycles. The van der Waals surface area contributed by atoms with Crippen LogP contribution in [-0.4, -0.2) is 12.6 Å². The van der Waals surface area contributed by atoms with E-state index < -0.39 is 0 Å². The van der Waals surface area contributed by atoms with Crippen molar-refractivity contribution in [2.24, 2.45) is 17.3 Å². The monoisotopic (exact) mass is 261 g/mol. The van der Waals surface area contributed by atoms with E-state index in [-0.39, 0.29) is 0 Å². The highest BCUT2D eigenvalue weighted by Gasteiger charge is 2.45. The molecule has 1 aliphatic rings. The molecule has 108 valence electrons. The smallest absolute Gasteiger partial charge is 0.0202 e. The first-order valence-electron chi connectivity index (χ1n) is 7.64. The molecule has 19 heavy (non-hydrogen) atoms. The molecular formula is C18H31N. The van der Waals surface area contributed by atoms with Crippen LogP contribution in [0.1, 0.15) is 47.5 Å². The average molecular weight is 261 g/mol. The van der Waals surface area contributed by atoms with Crippen LogP contribution >= 0.6 is 0 Å². The number of hydrogen-bond donors (Lipinski definition) is 1. The van der Waals surface area contributed by atoms with Gasteiger partial charge in [-0.15, -0.1) is 0 Å². The molecule has 0 aromatic heterocycles. The summed E-state index contributed by atoms with van der Waals surface area (Å²) < 4.78 is 0. The highest BCUT2D eigenvalue weighted by atomic mass is 14.9. The van der Waals surface area contributed by atoms with Gasteiger partial charge in [-0.25, -0.2) is 0 Å². The molecule has 1 N–H and O–H groups in total. The summed E-state index contributed by atoms with van der Waals surface area (Å²) in [7, 11) is 0. The largest absolute Gasteiger partial charge is 0.309 e. The van der Waals surface area contributed by atoms with Crippen LogP contribution in [0.25, 0.3) is 0 Å². The number of allylic oxidation sites excluding steroid dienone is 3. The van der Waals surface area contributed by atoms with Gasteiger partial charge in [0.15, 0.2) is 0 Å². The second-order valence-corrected chi connectivity index (χ2v) is 6.49. The minimum atomic E-state index is 0.383. The third-order valence-corrected chi connectivity index (χ3v) is 5.05. The maximum absolute atomic E-state index is 4.11. The van der Waals surface area contributed by atoms with E-state index >= 15 is 0 Å². The molecule has 0 aromatic rings. The lowest BCUT2D eigenvalue weighted by Gasteiger charge is -2.32. The highest BCUT2D eigenvalue weighted by Crippen LogP contribution is 2.47. The average Bonchev–Trinajstić information content (AvgIpc) is 2.59. The summed E-state index contributed by atoms with van der Waals surface area (Å²) >= 11 is 0. The minimum absolute atomic E-state index is 0.383. The number of rotatable bonds is 6. The van der Waals surface area contributed by atoms with E-state index in [0.717, 1.165) is 24.0 Å². The van der Waals surface area contributed by atoms with Crippen LogP contribution in [0.4, 0.5) is 0 Å². The van der Waals surface area contributed by atoms with Gasteiger partial charge in [-0.3, -0.25) is 0 Å². The highest BCUT2D eigenvalue weighted by molar-refractivity contribution is 5.20. The van der Waals surface area contributed by atoms with Crippen molar-refractivity contribution >= 4 is 0 Å². The van der Waals surface area contributed by atoms with E-state index in [2.05, 4.69) is 51.7 Å². The molecule has 1 heteroatoms. The standard InChI is InChI=1S/C18H31N/c1-7-9-10-11-14(3)13-19-17-12-16(8-2)15(4)18(17,5)6/h7,9-11,15-17,19H,3,8,12-13H2,1-2,4-6H3/b9-7-,11-10-. The van der Waals surface area contributed by atoms with Gasteiger partial charge >= 0.3 is 0 Å². The van der Waals surface area contributed by atoms with Gasteiger partial charge in [0.05, 0.1) is 0 Å². The molecule has 1 saturated carbocycles. The van der Waals surface area contributed by atoms with Gasteiger partial charge in [-0.2, -0.15) is 0 Å². The van der Waals surface area contributed by atoms with Crippen molar-refractivity contribution in [3.63, 3.8) is 0 Å². The predicted molar refractivity (Wildman–Crippen MR) is 86.2 cm³/mol. The molecule has 0 spiro atoms. The Morgan fingerprint density at radius 1 is 1.37 bits per heavy atom. The van der Waals surface area contributed by atoms with E-state index in [1.807, 2.05) is 19.1 Å². The van der Waals surface area contributed by atoms with Crippen molar-refractivity contribution < 1.29 is 0 Å². The van der Waals surface area contributed by atoms with Crippen LogP contribution in [0.15, 0.2) is 36.5 Å². The molecule has 0 radical (unpaired) electrons. The van der Waals surface area contributed by atoms with Crippen LogP contribution in [0.2, 0.25) is 0 Å². The maximum atomic E-state index is 4.11. The predicted octanol–water partition coefficient (Wildman–Crippen LogP) is 4.73. The second kappa shape index (κ2) is 7.09. The SMILES string of the molecule is C=C(/C=C\C=C/C)CNC1CC(CC)C(C)C1(C)C. The van der Waals surface area contributed by atoms with Crippen LogP contribution < -0.4 is 5.32 Å². The summed E-state index contributed by atoms with van der Waals surface area (Å²) in [5, 5.41) is 3.72. The summed E-state index contributed by atoms with van der Waals surface area (Å²) in [4.78, 5) is 0. The van der Waals surface area contributed by atoms with Crippen molar-refractivity contribution in [3.05, 3.63) is 36.5 Å². The van der Waals surface area contributed by atoms with Crippen molar-refractivity contribution in [3.8, 4) is 0 Å². The second-order valence-electron chi connectivity index (χ2n) is 6.49. The fourth-order valence-corrected chi connectivity index (χ4v) is 3.22. The van der Waals surface area contributed by atoms with Gasteiger partial charge in [-0.05, 0) is 36.2 Å². The van der Waals surface area contributed by atoms with Crippen LogP contribution in [0.5, 0.6) is 0 Å². The zero-order chi connectivity index (χ0) is 14.5. The third-order valence-electron chi connectivity index (χ3n) is 5.05. The van der Waals surface area contributed by atoms with Gasteiger partial charge < -0.3 is 5.32 Å². The summed E-state index contributed by atoms with van der Waals surface area (Å²) in [6.07, 6.45) is 10.8. The summed E-state index contributed by atoms with van der Waals surface area (Å²) in [6, 6.07) is 0.610. The Morgan fingerprint density at radius 2 is 2.05 bits per heavy atom. The Bertz CT molecular complexity index is 349. The summed E-state index contributed by atoms with van der Waals surface area (Å²) in [5.41, 5.74) is 1.54. The summed E-state index contributed by atoms with van der Waals surface area (Å²) in [6.45, 7) is 16.6. The van der Waals surface area contributed by atoms with Crippen LogP contribution in [-0.2, 0) is 0 Å². The normalized spacial score (nSPS) is 30.5. The van der Waals surface area contributed by atoms with Gasteiger partial charge in [0.1, 0.15) is 0 Å². The lowest BCUT2D eigenvalue weighted by Crippen LogP contribution is -2.40. The van der Waals surface area contributed by atoms with Crippen molar-refractivity contribution in [1.82, 2.24) is 5.32 Å². The molecule has 1 aliphatic carbocycles. The van der Waals surface area contributed by atoms with Crippen molar-refractivity contribution in [1.29, 1.82) is 0 Å².